The van der Waals surface area contributed by atoms with Gasteiger partial charge in [0.05, 0.1) is 26.8 Å². The van der Waals surface area contributed by atoms with Crippen LogP contribution in [0, 0.1) is 0 Å². The van der Waals surface area contributed by atoms with Crippen molar-refractivity contribution in [3.63, 3.8) is 0 Å². The number of sulfonamides is 1. The smallest absolute Gasteiger partial charge is 0.241 e. The number of fused-ring (bicyclic) bond motifs is 1. The Balaban J connectivity index is 1.53. The third-order valence-corrected chi connectivity index (χ3v) is 9.37. The zero-order chi connectivity index (χ0) is 26.7. The van der Waals surface area contributed by atoms with Crippen molar-refractivity contribution in [1.82, 2.24) is 14.6 Å². The van der Waals surface area contributed by atoms with Gasteiger partial charge in [0.25, 0.3) is 0 Å². The van der Waals surface area contributed by atoms with E-state index >= 15 is 0 Å². The first-order valence-electron chi connectivity index (χ1n) is 12.3. The first-order valence-corrected chi connectivity index (χ1v) is 14.6. The second-order valence-corrected chi connectivity index (χ2v) is 12.1. The Morgan fingerprint density at radius 1 is 1.08 bits per heavy atom. The molecule has 9 nitrogen and oxygen atoms in total. The maximum absolute atomic E-state index is 13.4. The highest BCUT2D eigenvalue weighted by molar-refractivity contribution is 7.89. The highest BCUT2D eigenvalue weighted by Gasteiger charge is 2.26. The number of hydrogen-bond donors (Lipinski definition) is 3. The minimum absolute atomic E-state index is 0.00919. The van der Waals surface area contributed by atoms with E-state index in [9.17, 15) is 8.42 Å². The Hall–Kier alpha value is -3.51. The lowest BCUT2D eigenvalue weighted by molar-refractivity contribution is 0.313. The average molecular weight is 551 g/mol. The fourth-order valence-electron chi connectivity index (χ4n) is 4.58. The summed E-state index contributed by atoms with van der Waals surface area (Å²) in [7, 11) is -1.69. The maximum atomic E-state index is 13.4. The first-order chi connectivity index (χ1) is 18.3. The van der Waals surface area contributed by atoms with E-state index in [-0.39, 0.29) is 10.7 Å². The highest BCUT2D eigenvalue weighted by Crippen LogP contribution is 2.36. The molecule has 1 atom stereocenters. The Labute approximate surface area is 226 Å². The molecule has 0 saturated carbocycles. The molecular weight excluding hydrogens is 520 g/mol. The summed E-state index contributed by atoms with van der Waals surface area (Å²) in [5, 5.41) is 12.9. The van der Waals surface area contributed by atoms with Crippen LogP contribution < -0.4 is 15.4 Å². The summed E-state index contributed by atoms with van der Waals surface area (Å²) in [6.07, 6.45) is 0.336. The molecule has 0 amide bonds. The summed E-state index contributed by atoms with van der Waals surface area (Å²) in [6.45, 7) is 3.82. The number of piperazine rings is 1. The molecule has 4 aromatic rings. The molecule has 4 N–H and O–H groups in total. The SMILES string of the molecule is CN1CCN(c2cccc3nc(C(Cc4cccc(C(N)=NO)c4)NS(=O)(=O)c4ccccc4)sc23)CC1. The second kappa shape index (κ2) is 11.1. The van der Waals surface area contributed by atoms with Gasteiger partial charge >= 0.3 is 0 Å². The third kappa shape index (κ3) is 5.65. The molecule has 1 unspecified atom stereocenters. The molecule has 1 aromatic heterocycles. The number of rotatable bonds is 8. The van der Waals surface area contributed by atoms with E-state index in [1.54, 1.807) is 48.5 Å². The standard InChI is InChI=1S/C27H30N6O3S2/c1-32-13-15-33(16-14-32)24-12-6-11-22-25(24)37-27(29-22)23(31-38(35,36)21-9-3-2-4-10-21)18-19-7-5-8-20(17-19)26(28)30-34/h2-12,17,23,31,34H,13-16,18H2,1H3,(H2,28,30). The summed E-state index contributed by atoms with van der Waals surface area (Å²) in [5.74, 6) is -0.00919. The van der Waals surface area contributed by atoms with Gasteiger partial charge in [-0.25, -0.2) is 18.1 Å². The highest BCUT2D eigenvalue weighted by atomic mass is 32.2. The number of nitrogens with two attached hydrogens (primary N) is 1. The Morgan fingerprint density at radius 3 is 2.55 bits per heavy atom. The zero-order valence-electron chi connectivity index (χ0n) is 21.0. The molecular formula is C27H30N6O3S2. The zero-order valence-corrected chi connectivity index (χ0v) is 22.6. The van der Waals surface area contributed by atoms with Crippen LogP contribution in [-0.2, 0) is 16.4 Å². The molecule has 5 rings (SSSR count). The molecule has 198 valence electrons. The molecule has 0 bridgehead atoms. The van der Waals surface area contributed by atoms with Gasteiger partial charge in [0.2, 0.25) is 10.0 Å². The van der Waals surface area contributed by atoms with Crippen molar-refractivity contribution in [2.75, 3.05) is 38.1 Å². The summed E-state index contributed by atoms with van der Waals surface area (Å²) in [5.41, 5.74) is 9.15. The van der Waals surface area contributed by atoms with Crippen LogP contribution >= 0.6 is 11.3 Å². The number of amidine groups is 1. The quantitative estimate of drug-likeness (QED) is 0.133. The Morgan fingerprint density at radius 2 is 1.82 bits per heavy atom. The summed E-state index contributed by atoms with van der Waals surface area (Å²) < 4.78 is 30.7. The number of nitrogens with one attached hydrogen (secondary N) is 1. The van der Waals surface area contributed by atoms with Crippen LogP contribution in [0.2, 0.25) is 0 Å². The van der Waals surface area contributed by atoms with Crippen LogP contribution in [0.1, 0.15) is 22.2 Å². The fraction of sp³-hybridized carbons (Fsp3) is 0.259. The second-order valence-electron chi connectivity index (χ2n) is 9.34. The molecule has 1 saturated heterocycles. The van der Waals surface area contributed by atoms with Gasteiger partial charge in [-0.3, -0.25) is 0 Å². The van der Waals surface area contributed by atoms with Gasteiger partial charge in [-0.05, 0) is 49.4 Å². The lowest BCUT2D eigenvalue weighted by atomic mass is 10.0. The molecule has 3 aromatic carbocycles. The van der Waals surface area contributed by atoms with Gasteiger partial charge in [-0.2, -0.15) is 0 Å². The fourth-order valence-corrected chi connectivity index (χ4v) is 7.04. The third-order valence-electron chi connectivity index (χ3n) is 6.67. The molecule has 2 heterocycles. The van der Waals surface area contributed by atoms with E-state index in [0.717, 1.165) is 47.6 Å². The lowest BCUT2D eigenvalue weighted by Crippen LogP contribution is -2.44. The minimum Gasteiger partial charge on any atom is -0.409 e. The normalized spacial score (nSPS) is 16.1. The molecule has 0 aliphatic carbocycles. The van der Waals surface area contributed by atoms with Gasteiger partial charge in [0.15, 0.2) is 5.84 Å². The minimum atomic E-state index is -3.82. The number of nitrogens with zero attached hydrogens (tertiary/aromatic N) is 4. The molecule has 1 aliphatic rings. The van der Waals surface area contributed by atoms with Gasteiger partial charge < -0.3 is 20.7 Å². The first kappa shape index (κ1) is 26.1. The molecule has 1 aliphatic heterocycles. The predicted octanol–water partition coefficient (Wildman–Crippen LogP) is 3.40. The van der Waals surface area contributed by atoms with E-state index in [1.165, 1.54) is 11.3 Å². The van der Waals surface area contributed by atoms with Gasteiger partial charge in [-0.1, -0.05) is 47.6 Å². The summed E-state index contributed by atoms with van der Waals surface area (Å²) in [6, 6.07) is 21.0. The number of thiazole rings is 1. The van der Waals surface area contributed by atoms with Crippen molar-refractivity contribution < 1.29 is 13.6 Å². The molecule has 38 heavy (non-hydrogen) atoms. The van der Waals surface area contributed by atoms with Gasteiger partial charge in [0.1, 0.15) is 5.01 Å². The number of aromatic nitrogens is 1. The van der Waals surface area contributed by atoms with Crippen LogP contribution in [0.5, 0.6) is 0 Å². The summed E-state index contributed by atoms with van der Waals surface area (Å²) in [4.78, 5) is 9.77. The van der Waals surface area contributed by atoms with Crippen molar-refractivity contribution in [3.8, 4) is 0 Å². The van der Waals surface area contributed by atoms with Crippen molar-refractivity contribution in [1.29, 1.82) is 0 Å². The monoisotopic (exact) mass is 550 g/mol. The van der Waals surface area contributed by atoms with E-state index in [1.807, 2.05) is 18.2 Å². The van der Waals surface area contributed by atoms with E-state index in [2.05, 4.69) is 32.8 Å². The number of hydrogen-bond acceptors (Lipinski definition) is 8. The van der Waals surface area contributed by atoms with Crippen molar-refractivity contribution >= 4 is 43.1 Å². The van der Waals surface area contributed by atoms with E-state index in [4.69, 9.17) is 15.9 Å². The molecule has 1 fully saturated rings. The van der Waals surface area contributed by atoms with E-state index in [0.29, 0.717) is 17.0 Å². The van der Waals surface area contributed by atoms with Gasteiger partial charge in [-0.15, -0.1) is 11.3 Å². The van der Waals surface area contributed by atoms with E-state index < -0.39 is 16.1 Å². The number of oxime groups is 1. The summed E-state index contributed by atoms with van der Waals surface area (Å²) >= 11 is 1.51. The number of anilines is 1. The maximum Gasteiger partial charge on any atom is 0.241 e. The van der Waals surface area contributed by atoms with Crippen molar-refractivity contribution in [2.45, 2.75) is 17.4 Å². The topological polar surface area (TPSA) is 124 Å². The molecule has 0 spiro atoms. The van der Waals surface area contributed by atoms with Crippen LogP contribution in [0.4, 0.5) is 5.69 Å². The van der Waals surface area contributed by atoms with Crippen LogP contribution in [-0.4, -0.2) is 62.6 Å². The van der Waals surface area contributed by atoms with Crippen LogP contribution in [0.3, 0.4) is 0 Å². The number of benzene rings is 3. The van der Waals surface area contributed by atoms with Gasteiger partial charge in [0, 0.05) is 31.7 Å². The van der Waals surface area contributed by atoms with Crippen molar-refractivity contribution in [2.24, 2.45) is 10.9 Å². The van der Waals surface area contributed by atoms with Crippen LogP contribution in [0.15, 0.2) is 82.8 Å². The average Bonchev–Trinajstić information content (AvgIpc) is 3.38. The molecule has 11 heteroatoms. The Kier molecular flexibility index (Phi) is 7.61. The lowest BCUT2D eigenvalue weighted by Gasteiger charge is -2.34. The van der Waals surface area contributed by atoms with Crippen LogP contribution in [0.25, 0.3) is 10.2 Å². The van der Waals surface area contributed by atoms with Crippen molar-refractivity contribution in [3.05, 3.63) is 88.9 Å². The number of likely N-dealkylation sites (N-methyl/N-ethyl adjacent to an activating group) is 1. The largest absolute Gasteiger partial charge is 0.409 e. The Bertz CT molecular complexity index is 1550. The molecule has 0 radical (unpaired) electrons. The predicted molar refractivity (Wildman–Crippen MR) is 151 cm³/mol.